The second kappa shape index (κ2) is 5.30. The van der Waals surface area contributed by atoms with Gasteiger partial charge in [-0.1, -0.05) is 37.8 Å². The number of esters is 1. The Balaban J connectivity index is 2.71. The third kappa shape index (κ3) is 4.19. The van der Waals surface area contributed by atoms with Crippen molar-refractivity contribution in [2.75, 3.05) is 7.11 Å². The lowest BCUT2D eigenvalue weighted by Crippen LogP contribution is -2.20. The van der Waals surface area contributed by atoms with E-state index in [2.05, 4.69) is 25.7 Å². The normalized spacial score (nSPS) is 11.2. The zero-order valence-electron chi connectivity index (χ0n) is 10.5. The molecular formula is C13H20O2Si. The van der Waals surface area contributed by atoms with E-state index in [0.717, 1.165) is 6.42 Å². The molecule has 0 saturated carbocycles. The average molecular weight is 236 g/mol. The smallest absolute Gasteiger partial charge is 0.337 e. The summed E-state index contributed by atoms with van der Waals surface area (Å²) in [4.78, 5) is 11.4. The number of aryl methyl sites for hydroxylation is 1. The molecule has 0 aromatic heterocycles. The van der Waals surface area contributed by atoms with Crippen LogP contribution in [0.2, 0.25) is 25.7 Å². The van der Waals surface area contributed by atoms with Crippen molar-refractivity contribution in [2.45, 2.75) is 32.1 Å². The quantitative estimate of drug-likeness (QED) is 0.592. The molecule has 16 heavy (non-hydrogen) atoms. The molecule has 0 aliphatic rings. The van der Waals surface area contributed by atoms with Crippen LogP contribution in [-0.2, 0) is 11.2 Å². The lowest BCUT2D eigenvalue weighted by molar-refractivity contribution is 0.0600. The van der Waals surface area contributed by atoms with E-state index in [1.54, 1.807) is 6.07 Å². The molecule has 3 heteroatoms. The van der Waals surface area contributed by atoms with Crippen LogP contribution in [0.5, 0.6) is 0 Å². The highest BCUT2D eigenvalue weighted by atomic mass is 28.3. The molecule has 0 spiro atoms. The zero-order chi connectivity index (χ0) is 12.2. The van der Waals surface area contributed by atoms with Crippen molar-refractivity contribution in [1.29, 1.82) is 0 Å². The average Bonchev–Trinajstić information content (AvgIpc) is 2.25. The highest BCUT2D eigenvalue weighted by molar-refractivity contribution is 6.76. The number of carbonyl (C=O) groups is 1. The Morgan fingerprint density at radius 1 is 1.31 bits per heavy atom. The molecule has 0 amide bonds. The Labute approximate surface area is 98.6 Å². The second-order valence-electron chi connectivity index (χ2n) is 5.25. The van der Waals surface area contributed by atoms with Gasteiger partial charge in [0.1, 0.15) is 0 Å². The Kier molecular flexibility index (Phi) is 4.30. The lowest BCUT2D eigenvalue weighted by atomic mass is 10.1. The number of rotatable bonds is 4. The van der Waals surface area contributed by atoms with E-state index >= 15 is 0 Å². The molecule has 0 unspecified atom stereocenters. The summed E-state index contributed by atoms with van der Waals surface area (Å²) in [5.74, 6) is -0.255. The monoisotopic (exact) mass is 236 g/mol. The minimum Gasteiger partial charge on any atom is -0.465 e. The van der Waals surface area contributed by atoms with E-state index in [9.17, 15) is 4.79 Å². The third-order valence-electron chi connectivity index (χ3n) is 2.51. The first-order valence-corrected chi connectivity index (χ1v) is 9.30. The van der Waals surface area contributed by atoms with Gasteiger partial charge in [0.25, 0.3) is 0 Å². The Bertz CT molecular complexity index is 366. The molecule has 2 nitrogen and oxygen atoms in total. The van der Waals surface area contributed by atoms with E-state index in [0.29, 0.717) is 5.56 Å². The first kappa shape index (κ1) is 13.0. The van der Waals surface area contributed by atoms with Crippen molar-refractivity contribution in [3.05, 3.63) is 35.4 Å². The lowest BCUT2D eigenvalue weighted by Gasteiger charge is -2.15. The number of hydrogen-bond donors (Lipinski definition) is 0. The maximum Gasteiger partial charge on any atom is 0.337 e. The largest absolute Gasteiger partial charge is 0.465 e. The number of benzene rings is 1. The Hall–Kier alpha value is -1.09. The van der Waals surface area contributed by atoms with Gasteiger partial charge < -0.3 is 4.74 Å². The molecule has 1 rings (SSSR count). The molecule has 1 aromatic carbocycles. The van der Waals surface area contributed by atoms with E-state index in [1.807, 2.05) is 12.1 Å². The summed E-state index contributed by atoms with van der Waals surface area (Å²) in [5, 5.41) is 0. The molecular weight excluding hydrogens is 216 g/mol. The van der Waals surface area contributed by atoms with E-state index in [4.69, 9.17) is 4.74 Å². The van der Waals surface area contributed by atoms with E-state index < -0.39 is 8.07 Å². The number of hydrogen-bond acceptors (Lipinski definition) is 2. The standard InChI is InChI=1S/C13H20O2Si/c1-15-13(14)12-7-5-6-11(10-12)8-9-16(2,3)4/h5-7,10H,8-9H2,1-4H3. The van der Waals surface area contributed by atoms with Crippen LogP contribution in [0, 0.1) is 0 Å². The molecule has 88 valence electrons. The van der Waals surface area contributed by atoms with E-state index in [-0.39, 0.29) is 5.97 Å². The second-order valence-corrected chi connectivity index (χ2v) is 10.9. The maximum atomic E-state index is 11.4. The van der Waals surface area contributed by atoms with Crippen LogP contribution >= 0.6 is 0 Å². The molecule has 0 aliphatic carbocycles. The van der Waals surface area contributed by atoms with Gasteiger partial charge in [0, 0.05) is 8.07 Å². The van der Waals surface area contributed by atoms with Gasteiger partial charge in [0.05, 0.1) is 12.7 Å². The topological polar surface area (TPSA) is 26.3 Å². The van der Waals surface area contributed by atoms with Crippen LogP contribution in [0.1, 0.15) is 15.9 Å². The first-order valence-electron chi connectivity index (χ1n) is 5.59. The van der Waals surface area contributed by atoms with Gasteiger partial charge in [-0.05, 0) is 24.1 Å². The summed E-state index contributed by atoms with van der Waals surface area (Å²) in [6.07, 6.45) is 1.06. The number of carbonyl (C=O) groups excluding carboxylic acids is 1. The fraction of sp³-hybridized carbons (Fsp3) is 0.462. The highest BCUT2D eigenvalue weighted by Gasteiger charge is 2.13. The van der Waals surface area contributed by atoms with Gasteiger partial charge in [-0.2, -0.15) is 0 Å². The molecule has 0 atom stereocenters. The maximum absolute atomic E-state index is 11.4. The molecule has 0 radical (unpaired) electrons. The first-order chi connectivity index (χ1) is 7.42. The molecule has 0 aliphatic heterocycles. The minimum atomic E-state index is -1.01. The van der Waals surface area contributed by atoms with Crippen LogP contribution in [0.25, 0.3) is 0 Å². The van der Waals surface area contributed by atoms with Gasteiger partial charge in [-0.3, -0.25) is 0 Å². The zero-order valence-corrected chi connectivity index (χ0v) is 11.5. The highest BCUT2D eigenvalue weighted by Crippen LogP contribution is 2.15. The van der Waals surface area contributed by atoms with Crippen LogP contribution in [0.15, 0.2) is 24.3 Å². The molecule has 0 saturated heterocycles. The van der Waals surface area contributed by atoms with Crippen molar-refractivity contribution in [3.8, 4) is 0 Å². The fourth-order valence-electron chi connectivity index (χ4n) is 1.49. The van der Waals surface area contributed by atoms with Crippen LogP contribution in [0.3, 0.4) is 0 Å². The van der Waals surface area contributed by atoms with Crippen molar-refractivity contribution in [3.63, 3.8) is 0 Å². The number of methoxy groups -OCH3 is 1. The van der Waals surface area contributed by atoms with Gasteiger partial charge in [-0.15, -0.1) is 0 Å². The Morgan fingerprint density at radius 2 is 2.00 bits per heavy atom. The van der Waals surface area contributed by atoms with Crippen molar-refractivity contribution < 1.29 is 9.53 Å². The minimum absolute atomic E-state index is 0.255. The molecule has 1 aromatic rings. The van der Waals surface area contributed by atoms with Crippen molar-refractivity contribution in [1.82, 2.24) is 0 Å². The molecule has 0 bridgehead atoms. The van der Waals surface area contributed by atoms with E-state index in [1.165, 1.54) is 18.7 Å². The Morgan fingerprint density at radius 3 is 2.56 bits per heavy atom. The summed E-state index contributed by atoms with van der Waals surface area (Å²) in [5.41, 5.74) is 1.88. The van der Waals surface area contributed by atoms with Gasteiger partial charge in [0.2, 0.25) is 0 Å². The molecule has 0 fully saturated rings. The predicted molar refractivity (Wildman–Crippen MR) is 69.6 cm³/mol. The molecule has 0 heterocycles. The summed E-state index contributed by atoms with van der Waals surface area (Å²) in [6.45, 7) is 7.07. The number of ether oxygens (including phenoxy) is 1. The fourth-order valence-corrected chi connectivity index (χ4v) is 2.53. The van der Waals surface area contributed by atoms with Crippen LogP contribution < -0.4 is 0 Å². The van der Waals surface area contributed by atoms with Gasteiger partial charge in [-0.25, -0.2) is 4.79 Å². The summed E-state index contributed by atoms with van der Waals surface area (Å²) >= 11 is 0. The van der Waals surface area contributed by atoms with Crippen molar-refractivity contribution in [2.24, 2.45) is 0 Å². The van der Waals surface area contributed by atoms with Gasteiger partial charge >= 0.3 is 5.97 Å². The SMILES string of the molecule is COC(=O)c1cccc(CC[Si](C)(C)C)c1. The molecule has 0 N–H and O–H groups in total. The summed E-state index contributed by atoms with van der Waals surface area (Å²) < 4.78 is 4.71. The third-order valence-corrected chi connectivity index (χ3v) is 4.26. The summed E-state index contributed by atoms with van der Waals surface area (Å²) in [7, 11) is 0.405. The summed E-state index contributed by atoms with van der Waals surface area (Å²) in [6, 6.07) is 8.98. The van der Waals surface area contributed by atoms with Crippen LogP contribution in [0.4, 0.5) is 0 Å². The van der Waals surface area contributed by atoms with Crippen molar-refractivity contribution >= 4 is 14.0 Å². The van der Waals surface area contributed by atoms with Crippen LogP contribution in [-0.4, -0.2) is 21.2 Å². The van der Waals surface area contributed by atoms with Gasteiger partial charge in [0.15, 0.2) is 0 Å². The predicted octanol–water partition coefficient (Wildman–Crippen LogP) is 3.35.